The molecule has 0 spiro atoms. The lowest BCUT2D eigenvalue weighted by Crippen LogP contribution is -2.15. The highest BCUT2D eigenvalue weighted by molar-refractivity contribution is 8.00. The lowest BCUT2D eigenvalue weighted by atomic mass is 10.2. The first-order valence-corrected chi connectivity index (χ1v) is 8.37. The number of hydrogen-bond acceptors (Lipinski definition) is 4. The largest absolute Gasteiger partial charge is 0.465 e. The van der Waals surface area contributed by atoms with Gasteiger partial charge in [0.15, 0.2) is 0 Å². The summed E-state index contributed by atoms with van der Waals surface area (Å²) in [6.45, 7) is 3.57. The van der Waals surface area contributed by atoms with Crippen LogP contribution in [0.1, 0.15) is 38.2 Å². The Kier molecular flexibility index (Phi) is 6.40. The number of carbonyl (C=O) groups is 1. The van der Waals surface area contributed by atoms with Crippen LogP contribution in [0.2, 0.25) is 0 Å². The van der Waals surface area contributed by atoms with E-state index in [4.69, 9.17) is 4.74 Å². The molecule has 0 bridgehead atoms. The minimum absolute atomic E-state index is 0.122. The Morgan fingerprint density at radius 3 is 2.75 bits per heavy atom. The van der Waals surface area contributed by atoms with Gasteiger partial charge in [-0.05, 0) is 37.0 Å². The second-order valence-electron chi connectivity index (χ2n) is 5.16. The smallest absolute Gasteiger partial charge is 0.316 e. The number of nitrogens with one attached hydrogen (secondary N) is 1. The fraction of sp³-hybridized carbons (Fsp3) is 0.562. The third-order valence-electron chi connectivity index (χ3n) is 3.21. The van der Waals surface area contributed by atoms with Gasteiger partial charge in [0.05, 0.1) is 12.4 Å². The Labute approximate surface area is 125 Å². The van der Waals surface area contributed by atoms with Gasteiger partial charge in [-0.15, -0.1) is 11.8 Å². The third-order valence-corrected chi connectivity index (χ3v) is 4.20. The van der Waals surface area contributed by atoms with Gasteiger partial charge in [0.25, 0.3) is 0 Å². The fourth-order valence-corrected chi connectivity index (χ4v) is 2.46. The van der Waals surface area contributed by atoms with Gasteiger partial charge in [-0.2, -0.15) is 0 Å². The molecule has 0 aliphatic heterocycles. The van der Waals surface area contributed by atoms with Crippen LogP contribution in [0.4, 0.5) is 0 Å². The SMILES string of the molecule is CCCCOC(=O)CSc1ccc(CNC2CC2)cc1. The Morgan fingerprint density at radius 2 is 2.10 bits per heavy atom. The van der Waals surface area contributed by atoms with Crippen molar-refractivity contribution < 1.29 is 9.53 Å². The van der Waals surface area contributed by atoms with Crippen molar-refractivity contribution in [2.24, 2.45) is 0 Å². The van der Waals surface area contributed by atoms with E-state index in [0.717, 1.165) is 30.3 Å². The maximum absolute atomic E-state index is 11.5. The minimum Gasteiger partial charge on any atom is -0.465 e. The fourth-order valence-electron chi connectivity index (χ4n) is 1.77. The summed E-state index contributed by atoms with van der Waals surface area (Å²) >= 11 is 1.54. The summed E-state index contributed by atoms with van der Waals surface area (Å²) in [7, 11) is 0. The molecule has 1 N–H and O–H groups in total. The molecule has 0 aromatic heterocycles. The van der Waals surface area contributed by atoms with E-state index in [0.29, 0.717) is 12.4 Å². The predicted molar refractivity (Wildman–Crippen MR) is 82.9 cm³/mol. The topological polar surface area (TPSA) is 38.3 Å². The monoisotopic (exact) mass is 293 g/mol. The Morgan fingerprint density at radius 1 is 1.35 bits per heavy atom. The second-order valence-corrected chi connectivity index (χ2v) is 6.21. The Balaban J connectivity index is 1.65. The van der Waals surface area contributed by atoms with Crippen molar-refractivity contribution in [1.82, 2.24) is 5.32 Å². The van der Waals surface area contributed by atoms with Gasteiger partial charge in [0.1, 0.15) is 0 Å². The number of ether oxygens (including phenoxy) is 1. The maximum Gasteiger partial charge on any atom is 0.316 e. The van der Waals surface area contributed by atoms with E-state index in [1.54, 1.807) is 0 Å². The molecule has 1 aliphatic carbocycles. The van der Waals surface area contributed by atoms with Crippen LogP contribution in [0.5, 0.6) is 0 Å². The molecule has 1 fully saturated rings. The highest BCUT2D eigenvalue weighted by Crippen LogP contribution is 2.21. The molecule has 1 saturated carbocycles. The van der Waals surface area contributed by atoms with E-state index >= 15 is 0 Å². The Hall–Kier alpha value is -1.00. The van der Waals surface area contributed by atoms with Gasteiger partial charge in [-0.1, -0.05) is 25.5 Å². The number of hydrogen-bond donors (Lipinski definition) is 1. The quantitative estimate of drug-likeness (QED) is 0.430. The lowest BCUT2D eigenvalue weighted by Gasteiger charge is -2.06. The predicted octanol–water partition coefficient (Wildman–Crippen LogP) is 3.37. The van der Waals surface area contributed by atoms with Crippen molar-refractivity contribution in [3.63, 3.8) is 0 Å². The lowest BCUT2D eigenvalue weighted by molar-refractivity contribution is -0.140. The number of unbranched alkanes of at least 4 members (excludes halogenated alkanes) is 1. The molecular weight excluding hydrogens is 270 g/mol. The molecule has 0 unspecified atom stereocenters. The molecule has 1 aliphatic rings. The number of thioether (sulfide) groups is 1. The summed E-state index contributed by atoms with van der Waals surface area (Å²) in [4.78, 5) is 12.6. The first kappa shape index (κ1) is 15.4. The molecule has 20 heavy (non-hydrogen) atoms. The molecule has 4 heteroatoms. The van der Waals surface area contributed by atoms with Crippen LogP contribution in [0.25, 0.3) is 0 Å². The summed E-state index contributed by atoms with van der Waals surface area (Å²) in [5, 5.41) is 3.49. The molecular formula is C16H23NO2S. The van der Waals surface area contributed by atoms with Crippen molar-refractivity contribution in [2.75, 3.05) is 12.4 Å². The third kappa shape index (κ3) is 5.97. The first-order valence-electron chi connectivity index (χ1n) is 7.38. The standard InChI is InChI=1S/C16H23NO2S/c1-2-3-10-19-16(18)12-20-15-8-4-13(5-9-15)11-17-14-6-7-14/h4-5,8-9,14,17H,2-3,6-7,10-12H2,1H3. The van der Waals surface area contributed by atoms with Crippen LogP contribution in [0.15, 0.2) is 29.2 Å². The highest BCUT2D eigenvalue weighted by atomic mass is 32.2. The van der Waals surface area contributed by atoms with Crippen molar-refractivity contribution >= 4 is 17.7 Å². The van der Waals surface area contributed by atoms with E-state index in [9.17, 15) is 4.79 Å². The number of benzene rings is 1. The zero-order chi connectivity index (χ0) is 14.2. The van der Waals surface area contributed by atoms with Gasteiger partial charge in [-0.3, -0.25) is 4.79 Å². The molecule has 1 aromatic carbocycles. The van der Waals surface area contributed by atoms with Crippen molar-refractivity contribution in [2.45, 2.75) is 50.1 Å². The zero-order valence-electron chi connectivity index (χ0n) is 12.1. The van der Waals surface area contributed by atoms with E-state index < -0.39 is 0 Å². The molecule has 0 saturated heterocycles. The number of carbonyl (C=O) groups excluding carboxylic acids is 1. The van der Waals surface area contributed by atoms with Crippen molar-refractivity contribution in [1.29, 1.82) is 0 Å². The van der Waals surface area contributed by atoms with Crippen molar-refractivity contribution in [3.05, 3.63) is 29.8 Å². The van der Waals surface area contributed by atoms with Gasteiger partial charge < -0.3 is 10.1 Å². The molecule has 3 nitrogen and oxygen atoms in total. The average Bonchev–Trinajstić information content (AvgIpc) is 3.28. The minimum atomic E-state index is -0.122. The summed E-state index contributed by atoms with van der Waals surface area (Å²) in [6, 6.07) is 9.14. The normalized spacial score (nSPS) is 14.2. The summed E-state index contributed by atoms with van der Waals surface area (Å²) in [5.41, 5.74) is 1.30. The van der Waals surface area contributed by atoms with Gasteiger partial charge in [0, 0.05) is 17.5 Å². The van der Waals surface area contributed by atoms with Crippen LogP contribution in [-0.2, 0) is 16.1 Å². The molecule has 2 rings (SSSR count). The van der Waals surface area contributed by atoms with Gasteiger partial charge >= 0.3 is 5.97 Å². The molecule has 0 atom stereocenters. The zero-order valence-corrected chi connectivity index (χ0v) is 12.9. The van der Waals surface area contributed by atoms with Gasteiger partial charge in [0.2, 0.25) is 0 Å². The number of rotatable bonds is 9. The van der Waals surface area contributed by atoms with Crippen LogP contribution < -0.4 is 5.32 Å². The molecule has 0 heterocycles. The average molecular weight is 293 g/mol. The van der Waals surface area contributed by atoms with Crippen LogP contribution in [0.3, 0.4) is 0 Å². The molecule has 1 aromatic rings. The summed E-state index contributed by atoms with van der Waals surface area (Å²) in [6.07, 6.45) is 4.62. The first-order chi connectivity index (χ1) is 9.78. The van der Waals surface area contributed by atoms with E-state index in [1.165, 1.54) is 30.2 Å². The summed E-state index contributed by atoms with van der Waals surface area (Å²) < 4.78 is 5.13. The number of esters is 1. The van der Waals surface area contributed by atoms with Crippen molar-refractivity contribution in [3.8, 4) is 0 Å². The second kappa shape index (κ2) is 8.32. The van der Waals surface area contributed by atoms with Gasteiger partial charge in [-0.25, -0.2) is 0 Å². The molecule has 110 valence electrons. The summed E-state index contributed by atoms with van der Waals surface area (Å²) in [5.74, 6) is 0.270. The molecule has 0 radical (unpaired) electrons. The maximum atomic E-state index is 11.5. The van der Waals surface area contributed by atoms with E-state index in [1.807, 2.05) is 0 Å². The van der Waals surface area contributed by atoms with E-state index in [-0.39, 0.29) is 5.97 Å². The van der Waals surface area contributed by atoms with Crippen LogP contribution >= 0.6 is 11.8 Å². The highest BCUT2D eigenvalue weighted by Gasteiger charge is 2.19. The van der Waals surface area contributed by atoms with Crippen LogP contribution in [-0.4, -0.2) is 24.4 Å². The molecule has 0 amide bonds. The van der Waals surface area contributed by atoms with Crippen LogP contribution in [0, 0.1) is 0 Å². The van der Waals surface area contributed by atoms with E-state index in [2.05, 4.69) is 36.5 Å². The Bertz CT molecular complexity index is 415.